The van der Waals surface area contributed by atoms with Crippen LogP contribution in [0, 0.1) is 18.7 Å². The predicted octanol–water partition coefficient (Wildman–Crippen LogP) is 3.91. The molecule has 0 bridgehead atoms. The summed E-state index contributed by atoms with van der Waals surface area (Å²) in [4.78, 5) is 48.8. The topological polar surface area (TPSA) is 103 Å². The summed E-state index contributed by atoms with van der Waals surface area (Å²) >= 11 is 1.58. The van der Waals surface area contributed by atoms with Crippen LogP contribution >= 0.6 is 11.3 Å². The first-order valence-electron chi connectivity index (χ1n) is 13.5. The molecule has 3 amide bonds. The standard InChI is InChI=1S/C30H33FN4O4S/c1-4-17(2)26(35-14-21-9-10-22(31)11-24(21)29(35)38)30(39)34-15-23(36)12-25(34)28(37)32-13-19-5-7-20(8-6-19)27-18(3)33-16-40-27/h5-11,16-17,23,25-26,36H,4,12-15H2,1-3H3,(H,32,37)/t17-,23+,25-,26-/m0/s1. The summed E-state index contributed by atoms with van der Waals surface area (Å²) in [6, 6.07) is 10.3. The van der Waals surface area contributed by atoms with Crippen LogP contribution in [-0.4, -0.2) is 62.3 Å². The second kappa shape index (κ2) is 11.5. The zero-order chi connectivity index (χ0) is 28.6. The van der Waals surface area contributed by atoms with Gasteiger partial charge in [-0.2, -0.15) is 0 Å². The zero-order valence-corrected chi connectivity index (χ0v) is 23.6. The molecule has 5 rings (SSSR count). The van der Waals surface area contributed by atoms with Gasteiger partial charge in [0.25, 0.3) is 5.91 Å². The lowest BCUT2D eigenvalue weighted by molar-refractivity contribution is -0.143. The number of carbonyl (C=O) groups excluding carboxylic acids is 3. The highest BCUT2D eigenvalue weighted by Gasteiger charge is 2.46. The highest BCUT2D eigenvalue weighted by Crippen LogP contribution is 2.32. The Hall–Kier alpha value is -3.63. The van der Waals surface area contributed by atoms with Gasteiger partial charge >= 0.3 is 0 Å². The van der Waals surface area contributed by atoms with Gasteiger partial charge in [-0.1, -0.05) is 50.6 Å². The Kier molecular flexibility index (Phi) is 8.00. The summed E-state index contributed by atoms with van der Waals surface area (Å²) in [6.45, 7) is 6.26. The zero-order valence-electron chi connectivity index (χ0n) is 22.8. The molecule has 0 aliphatic carbocycles. The second-order valence-corrected chi connectivity index (χ2v) is 11.5. The number of thiazole rings is 1. The van der Waals surface area contributed by atoms with Gasteiger partial charge in [0.15, 0.2) is 0 Å². The van der Waals surface area contributed by atoms with E-state index in [1.807, 2.05) is 50.5 Å². The summed E-state index contributed by atoms with van der Waals surface area (Å²) < 4.78 is 13.9. The van der Waals surface area contributed by atoms with Crippen molar-refractivity contribution in [2.75, 3.05) is 6.54 Å². The van der Waals surface area contributed by atoms with Gasteiger partial charge in [0.1, 0.15) is 17.9 Å². The lowest BCUT2D eigenvalue weighted by atomic mass is 9.95. The molecule has 4 atom stereocenters. The van der Waals surface area contributed by atoms with E-state index in [2.05, 4.69) is 10.3 Å². The van der Waals surface area contributed by atoms with Gasteiger partial charge < -0.3 is 20.2 Å². The van der Waals surface area contributed by atoms with Crippen LogP contribution in [0.1, 0.15) is 53.9 Å². The molecule has 10 heteroatoms. The first-order valence-corrected chi connectivity index (χ1v) is 14.4. The molecule has 210 valence electrons. The summed E-state index contributed by atoms with van der Waals surface area (Å²) in [5, 5.41) is 13.4. The Balaban J connectivity index is 1.29. The summed E-state index contributed by atoms with van der Waals surface area (Å²) in [5.74, 6) is -1.85. The van der Waals surface area contributed by atoms with E-state index in [1.165, 1.54) is 21.9 Å². The first kappa shape index (κ1) is 27.9. The number of aromatic nitrogens is 1. The van der Waals surface area contributed by atoms with Crippen molar-refractivity contribution in [1.29, 1.82) is 0 Å². The Labute approximate surface area is 236 Å². The van der Waals surface area contributed by atoms with E-state index in [4.69, 9.17) is 0 Å². The molecule has 1 aromatic heterocycles. The molecular weight excluding hydrogens is 531 g/mol. The number of aliphatic hydroxyl groups is 1. The minimum Gasteiger partial charge on any atom is -0.391 e. The van der Waals surface area contributed by atoms with E-state index in [9.17, 15) is 23.9 Å². The lowest BCUT2D eigenvalue weighted by Gasteiger charge is -2.36. The van der Waals surface area contributed by atoms with E-state index in [0.717, 1.165) is 21.7 Å². The SMILES string of the molecule is CC[C@H](C)[C@@H](C(=O)N1C[C@H](O)C[C@H]1C(=O)NCc1ccc(-c2scnc2C)cc1)N1Cc2ccc(F)cc2C1=O. The third-order valence-electron chi connectivity index (χ3n) is 7.97. The van der Waals surface area contributed by atoms with Crippen molar-refractivity contribution in [3.05, 3.63) is 76.2 Å². The van der Waals surface area contributed by atoms with Crippen molar-refractivity contribution in [1.82, 2.24) is 20.1 Å². The molecule has 1 saturated heterocycles. The molecule has 0 spiro atoms. The van der Waals surface area contributed by atoms with Crippen molar-refractivity contribution >= 4 is 29.1 Å². The predicted molar refractivity (Wildman–Crippen MR) is 150 cm³/mol. The molecule has 2 N–H and O–H groups in total. The van der Waals surface area contributed by atoms with Crippen molar-refractivity contribution in [2.45, 2.75) is 64.9 Å². The summed E-state index contributed by atoms with van der Waals surface area (Å²) in [7, 11) is 0. The second-order valence-electron chi connectivity index (χ2n) is 10.6. The number of aliphatic hydroxyl groups excluding tert-OH is 1. The number of nitrogens with zero attached hydrogens (tertiary/aromatic N) is 3. The maximum absolute atomic E-state index is 14.0. The van der Waals surface area contributed by atoms with Gasteiger partial charge in [-0.15, -0.1) is 11.3 Å². The number of fused-ring (bicyclic) bond motifs is 1. The molecular formula is C30H33FN4O4S. The maximum Gasteiger partial charge on any atom is 0.255 e. The van der Waals surface area contributed by atoms with Crippen LogP contribution < -0.4 is 5.32 Å². The highest BCUT2D eigenvalue weighted by atomic mass is 32.1. The Bertz CT molecular complexity index is 1430. The van der Waals surface area contributed by atoms with Crippen molar-refractivity contribution in [3.8, 4) is 10.4 Å². The highest BCUT2D eigenvalue weighted by molar-refractivity contribution is 7.13. The number of likely N-dealkylation sites (tertiary alicyclic amines) is 1. The van der Waals surface area contributed by atoms with Crippen molar-refractivity contribution in [3.63, 3.8) is 0 Å². The van der Waals surface area contributed by atoms with Crippen LogP contribution in [-0.2, 0) is 22.7 Å². The van der Waals surface area contributed by atoms with Gasteiger partial charge in [0.05, 0.1) is 22.2 Å². The number of hydrogen-bond acceptors (Lipinski definition) is 6. The number of benzene rings is 2. The quantitative estimate of drug-likeness (QED) is 0.432. The van der Waals surface area contributed by atoms with Gasteiger partial charge in [-0.3, -0.25) is 14.4 Å². The number of halogens is 1. The van der Waals surface area contributed by atoms with Crippen molar-refractivity contribution in [2.24, 2.45) is 5.92 Å². The largest absolute Gasteiger partial charge is 0.391 e. The Morgan fingerprint density at radius 3 is 2.65 bits per heavy atom. The summed E-state index contributed by atoms with van der Waals surface area (Å²) in [6.07, 6.45) is -0.108. The number of hydrogen-bond donors (Lipinski definition) is 2. The fourth-order valence-corrected chi connectivity index (χ4v) is 6.37. The van der Waals surface area contributed by atoms with E-state index in [-0.39, 0.29) is 49.4 Å². The third kappa shape index (κ3) is 5.38. The first-order chi connectivity index (χ1) is 19.2. The molecule has 0 unspecified atom stereocenters. The monoisotopic (exact) mass is 564 g/mol. The smallest absolute Gasteiger partial charge is 0.255 e. The molecule has 2 aliphatic heterocycles. The molecule has 1 fully saturated rings. The van der Waals surface area contributed by atoms with Crippen LogP contribution in [0.25, 0.3) is 10.4 Å². The molecule has 2 aliphatic rings. The van der Waals surface area contributed by atoms with E-state index >= 15 is 0 Å². The number of aryl methyl sites for hydroxylation is 1. The Morgan fingerprint density at radius 2 is 1.98 bits per heavy atom. The van der Waals surface area contributed by atoms with Crippen LogP contribution in [0.2, 0.25) is 0 Å². The molecule has 3 aromatic rings. The number of amides is 3. The van der Waals surface area contributed by atoms with Crippen molar-refractivity contribution < 1.29 is 23.9 Å². The van der Waals surface area contributed by atoms with Gasteiger partial charge in [-0.25, -0.2) is 9.37 Å². The third-order valence-corrected chi connectivity index (χ3v) is 8.95. The summed E-state index contributed by atoms with van der Waals surface area (Å²) in [5.41, 5.74) is 5.67. The minimum absolute atomic E-state index is 0.0103. The van der Waals surface area contributed by atoms with E-state index < -0.39 is 29.9 Å². The normalized spacial score (nSPS) is 20.0. The fraction of sp³-hybridized carbons (Fsp3) is 0.400. The molecule has 2 aromatic carbocycles. The average Bonchev–Trinajstić information content (AvgIpc) is 3.64. The van der Waals surface area contributed by atoms with Crippen LogP contribution in [0.5, 0.6) is 0 Å². The van der Waals surface area contributed by atoms with Crippen LogP contribution in [0.15, 0.2) is 48.0 Å². The molecule has 8 nitrogen and oxygen atoms in total. The molecule has 40 heavy (non-hydrogen) atoms. The number of nitrogens with one attached hydrogen (secondary N) is 1. The number of rotatable bonds is 8. The Morgan fingerprint density at radius 1 is 1.23 bits per heavy atom. The van der Waals surface area contributed by atoms with Gasteiger partial charge in [-0.05, 0) is 41.7 Å². The van der Waals surface area contributed by atoms with E-state index in [0.29, 0.717) is 12.0 Å². The molecule has 0 saturated carbocycles. The maximum atomic E-state index is 14.0. The van der Waals surface area contributed by atoms with Gasteiger partial charge in [0.2, 0.25) is 11.8 Å². The van der Waals surface area contributed by atoms with Crippen LogP contribution in [0.3, 0.4) is 0 Å². The number of β-amino-alcohol motifs (C(OH)–C–C–N with tert-alkyl or cyclic N) is 1. The molecule has 0 radical (unpaired) electrons. The van der Waals surface area contributed by atoms with Crippen LogP contribution in [0.4, 0.5) is 4.39 Å². The average molecular weight is 565 g/mol. The van der Waals surface area contributed by atoms with E-state index in [1.54, 1.807) is 17.4 Å². The lowest BCUT2D eigenvalue weighted by Crippen LogP contribution is -2.55. The number of carbonyl (C=O) groups is 3. The molecule has 3 heterocycles. The fourth-order valence-electron chi connectivity index (χ4n) is 5.56. The minimum atomic E-state index is -0.856. The van der Waals surface area contributed by atoms with Gasteiger partial charge in [0, 0.05) is 31.6 Å².